The lowest BCUT2D eigenvalue weighted by molar-refractivity contribution is -0.145. The van der Waals surface area contributed by atoms with Crippen LogP contribution in [0.15, 0.2) is 97.6 Å². The van der Waals surface area contributed by atoms with Crippen molar-refractivity contribution in [3.8, 4) is 40.2 Å². The quantitative estimate of drug-likeness (QED) is 0.0735. The van der Waals surface area contributed by atoms with Crippen molar-refractivity contribution in [3.63, 3.8) is 0 Å². The largest absolute Gasteiger partial charge is 0.488 e. The second-order valence-electron chi connectivity index (χ2n) is 18.1. The maximum atomic E-state index is 12.2. The highest BCUT2D eigenvalue weighted by Crippen LogP contribution is 2.39. The van der Waals surface area contributed by atoms with Gasteiger partial charge in [0.25, 0.3) is 0 Å². The van der Waals surface area contributed by atoms with Gasteiger partial charge in [0.2, 0.25) is 5.69 Å². The highest BCUT2D eigenvalue weighted by atomic mass is 35.5. The molecule has 2 saturated heterocycles. The van der Waals surface area contributed by atoms with Crippen LogP contribution in [0.2, 0.25) is 10.0 Å². The van der Waals surface area contributed by atoms with Gasteiger partial charge in [0, 0.05) is 66.7 Å². The molecule has 2 atom stereocenters. The minimum atomic E-state index is -0.859. The molecule has 0 spiro atoms. The number of nitrogens with zero attached hydrogens (tertiary/aromatic N) is 6. The first-order valence-electron chi connectivity index (χ1n) is 23.8. The molecule has 4 aromatic carbocycles. The van der Waals surface area contributed by atoms with Gasteiger partial charge < -0.3 is 29.2 Å². The topological polar surface area (TPSA) is 172 Å². The number of carboxylic acid groups (broad SMARTS) is 2. The summed E-state index contributed by atoms with van der Waals surface area (Å²) in [4.78, 5) is 40.1. The van der Waals surface area contributed by atoms with Crippen molar-refractivity contribution in [1.29, 1.82) is 5.26 Å². The predicted octanol–water partition coefficient (Wildman–Crippen LogP) is 11.9. The zero-order valence-electron chi connectivity index (χ0n) is 41.1. The fraction of sp³-hybridized carbons (Fsp3) is 0.321. The second-order valence-corrected chi connectivity index (χ2v) is 18.9. The SMILES string of the molecule is S.S.[C-]#[N+]c1cncc(COc2cc(OCc3cccc(-c4cccc(COc5cc(OCc6cncc(C#N)c6)c(CN6CCCCC6C(=O)O)cc5Cl)c4C)c3C)c(Cl)cc2CN2CCCC[C@H]2C(=O)O)c1. The first-order chi connectivity index (χ1) is 34.9. The van der Waals surface area contributed by atoms with Crippen LogP contribution in [-0.2, 0) is 49.1 Å². The van der Waals surface area contributed by atoms with Crippen LogP contribution in [0.3, 0.4) is 0 Å². The van der Waals surface area contributed by atoms with Gasteiger partial charge in [-0.15, -0.1) is 0 Å². The summed E-state index contributed by atoms with van der Waals surface area (Å²) < 4.78 is 25.6. The number of carbonyl (C=O) groups is 2. The summed E-state index contributed by atoms with van der Waals surface area (Å²) in [5, 5.41) is 30.1. The molecule has 2 N–H and O–H groups in total. The maximum absolute atomic E-state index is 12.2. The molecule has 0 bridgehead atoms. The summed E-state index contributed by atoms with van der Waals surface area (Å²) in [7, 11) is 0. The van der Waals surface area contributed by atoms with E-state index in [0.29, 0.717) is 94.4 Å². The fourth-order valence-corrected chi connectivity index (χ4v) is 9.87. The minimum Gasteiger partial charge on any atom is -0.488 e. The Hall–Kier alpha value is -6.50. The number of pyridine rings is 2. The number of likely N-dealkylation sites (tertiary alicyclic amines) is 2. The third-order valence-corrected chi connectivity index (χ3v) is 13.9. The van der Waals surface area contributed by atoms with Gasteiger partial charge in [0.05, 0.1) is 22.2 Å². The molecule has 2 aliphatic heterocycles. The molecule has 2 fully saturated rings. The summed E-state index contributed by atoms with van der Waals surface area (Å²) in [5.74, 6) is 0.0595. The van der Waals surface area contributed by atoms with E-state index in [1.54, 1.807) is 48.8 Å². The Morgan fingerprint density at radius 1 is 0.649 bits per heavy atom. The zero-order valence-corrected chi connectivity index (χ0v) is 44.6. The van der Waals surface area contributed by atoms with Crippen LogP contribution >= 0.6 is 50.2 Å². The van der Waals surface area contributed by atoms with Gasteiger partial charge in [-0.3, -0.25) is 29.4 Å². The number of benzene rings is 4. The molecule has 8 rings (SSSR count). The Morgan fingerprint density at radius 2 is 1.11 bits per heavy atom. The third kappa shape index (κ3) is 14.0. The van der Waals surface area contributed by atoms with E-state index in [-0.39, 0.29) is 53.4 Å². The normalized spacial score (nSPS) is 15.6. The van der Waals surface area contributed by atoms with Gasteiger partial charge in [-0.2, -0.15) is 32.3 Å². The lowest BCUT2D eigenvalue weighted by Crippen LogP contribution is -2.44. The van der Waals surface area contributed by atoms with Gasteiger partial charge in [0.1, 0.15) is 67.6 Å². The monoisotopic (exact) mass is 1080 g/mol. The van der Waals surface area contributed by atoms with Crippen molar-refractivity contribution < 1.29 is 38.7 Å². The number of piperidine rings is 2. The molecule has 4 heterocycles. The second kappa shape index (κ2) is 26.6. The number of carboxylic acids is 2. The summed E-state index contributed by atoms with van der Waals surface area (Å²) in [6, 6.07) is 23.5. The molecule has 18 heteroatoms. The maximum Gasteiger partial charge on any atom is 0.320 e. The Balaban J connectivity index is 0.00000446. The molecule has 1 unspecified atom stereocenters. The van der Waals surface area contributed by atoms with Crippen LogP contribution in [0.4, 0.5) is 5.69 Å². The van der Waals surface area contributed by atoms with E-state index in [1.807, 2.05) is 34.1 Å². The fourth-order valence-electron chi connectivity index (χ4n) is 9.38. The van der Waals surface area contributed by atoms with Crippen LogP contribution in [0.1, 0.15) is 88.6 Å². The van der Waals surface area contributed by atoms with Crippen LogP contribution in [-0.4, -0.2) is 67.1 Å². The van der Waals surface area contributed by atoms with Crippen molar-refractivity contribution in [2.24, 2.45) is 0 Å². The molecular weight excluding hydrogens is 1020 g/mol. The Kier molecular flexibility index (Phi) is 20.4. The van der Waals surface area contributed by atoms with E-state index in [0.717, 1.165) is 70.2 Å². The molecule has 2 aromatic heterocycles. The molecule has 0 aliphatic carbocycles. The average Bonchev–Trinajstić information content (AvgIpc) is 3.38. The zero-order chi connectivity index (χ0) is 50.7. The van der Waals surface area contributed by atoms with Gasteiger partial charge in [-0.25, -0.2) is 4.85 Å². The number of aliphatic carboxylic acids is 2. The van der Waals surface area contributed by atoms with Crippen molar-refractivity contribution >= 4 is 67.8 Å². The highest BCUT2D eigenvalue weighted by Gasteiger charge is 2.31. The Bertz CT molecular complexity index is 2860. The number of hydrogen-bond donors (Lipinski definition) is 2. The van der Waals surface area contributed by atoms with E-state index in [1.165, 1.54) is 12.4 Å². The Morgan fingerprint density at radius 3 is 1.57 bits per heavy atom. The summed E-state index contributed by atoms with van der Waals surface area (Å²) in [6.07, 6.45) is 10.8. The number of nitriles is 1. The molecule has 14 nitrogen and oxygen atoms in total. The smallest absolute Gasteiger partial charge is 0.320 e. The number of ether oxygens (including phenoxy) is 4. The van der Waals surface area contributed by atoms with Gasteiger partial charge in [-0.05, 0) is 116 Å². The van der Waals surface area contributed by atoms with Gasteiger partial charge in [0.15, 0.2) is 0 Å². The van der Waals surface area contributed by atoms with Crippen molar-refractivity contribution in [2.45, 2.75) is 104 Å². The molecule has 0 saturated carbocycles. The van der Waals surface area contributed by atoms with Crippen molar-refractivity contribution in [2.75, 3.05) is 13.1 Å². The first kappa shape index (κ1) is 56.8. The summed E-state index contributed by atoms with van der Waals surface area (Å²) in [6.45, 7) is 14.0. The molecule has 6 aromatic rings. The van der Waals surface area contributed by atoms with E-state index in [4.69, 9.17) is 48.7 Å². The molecule has 386 valence electrons. The molecule has 0 amide bonds. The number of hydrogen-bond acceptors (Lipinski definition) is 11. The molecule has 0 radical (unpaired) electrons. The van der Waals surface area contributed by atoms with Gasteiger partial charge in [-0.1, -0.05) is 72.4 Å². The van der Waals surface area contributed by atoms with E-state index in [2.05, 4.69) is 46.9 Å². The van der Waals surface area contributed by atoms with E-state index in [9.17, 15) is 25.1 Å². The van der Waals surface area contributed by atoms with Crippen molar-refractivity contribution in [1.82, 2.24) is 19.8 Å². The van der Waals surface area contributed by atoms with Crippen LogP contribution in [0.5, 0.6) is 23.0 Å². The number of halogens is 2. The lowest BCUT2D eigenvalue weighted by atomic mass is 9.92. The van der Waals surface area contributed by atoms with E-state index >= 15 is 0 Å². The standard InChI is InChI=1S/C56H54Cl2N6O8.2H2S/c1-35-40(33-71-53-22-51(69-31-38-18-37(24-59)25-61-26-38)42(20-47(53)57)29-63-16-6-4-14-49(63)55(65)66)10-8-12-45(35)46-13-9-11-41(36(46)2)34-72-54-23-52(70-32-39-19-44(60-3)28-62-27-39)43(21-48(54)58)30-64-17-7-5-15-50(64)56(67)68;;/h8-13,18-23,25-28,49-50H,4-7,14-17,29-34H2,1-2H3,(H,65,66)(H,67,68);2*1H2/t49?,50-;;/m0../s1. The van der Waals surface area contributed by atoms with Crippen LogP contribution in [0, 0.1) is 31.8 Å². The first-order valence-corrected chi connectivity index (χ1v) is 24.6. The average molecular weight is 1080 g/mol. The Labute approximate surface area is 455 Å². The summed E-state index contributed by atoms with van der Waals surface area (Å²) in [5.41, 5.74) is 9.56. The molecule has 2 aliphatic rings. The van der Waals surface area contributed by atoms with Gasteiger partial charge >= 0.3 is 11.9 Å². The third-order valence-electron chi connectivity index (χ3n) is 13.3. The predicted molar refractivity (Wildman–Crippen MR) is 293 cm³/mol. The molecular formula is C56H58Cl2N6O8S2. The minimum absolute atomic E-state index is 0. The number of aromatic nitrogens is 2. The van der Waals surface area contributed by atoms with E-state index < -0.39 is 24.0 Å². The molecule has 74 heavy (non-hydrogen) atoms. The lowest BCUT2D eigenvalue weighted by Gasteiger charge is -2.33. The summed E-state index contributed by atoms with van der Waals surface area (Å²) >= 11 is 13.9. The van der Waals surface area contributed by atoms with Crippen LogP contribution in [0.25, 0.3) is 16.0 Å². The number of rotatable bonds is 19. The van der Waals surface area contributed by atoms with Crippen molar-refractivity contribution in [3.05, 3.63) is 169 Å². The highest BCUT2D eigenvalue weighted by molar-refractivity contribution is 7.59. The van der Waals surface area contributed by atoms with Crippen LogP contribution < -0.4 is 18.9 Å².